The molecule has 0 amide bonds. The molecule has 1 heterocycles. The van der Waals surface area contributed by atoms with Gasteiger partial charge in [-0.05, 0) is 31.1 Å². The maximum Gasteiger partial charge on any atom is 0.253 e. The Bertz CT molecular complexity index is 477. The highest BCUT2D eigenvalue weighted by Gasteiger charge is 2.34. The van der Waals surface area contributed by atoms with Crippen molar-refractivity contribution in [1.82, 2.24) is 4.57 Å². The molecule has 26 heavy (non-hydrogen) atoms. The van der Waals surface area contributed by atoms with Crippen molar-refractivity contribution < 1.29 is 4.57 Å². The van der Waals surface area contributed by atoms with Crippen LogP contribution in [0.5, 0.6) is 0 Å². The molecule has 1 aliphatic rings. The van der Waals surface area contributed by atoms with Gasteiger partial charge in [0.1, 0.15) is 12.4 Å². The van der Waals surface area contributed by atoms with Crippen molar-refractivity contribution in [2.75, 3.05) is 0 Å². The number of nitrogens with zero attached hydrogens (tertiary/aromatic N) is 2. The third kappa shape index (κ3) is 8.27. The predicted octanol–water partition coefficient (Wildman–Crippen LogP) is 6.74. The summed E-state index contributed by atoms with van der Waals surface area (Å²) in [6.45, 7) is 5.70. The van der Waals surface area contributed by atoms with Crippen LogP contribution in [0.2, 0.25) is 0 Å². The van der Waals surface area contributed by atoms with Crippen LogP contribution >= 0.6 is 0 Å². The van der Waals surface area contributed by atoms with E-state index in [1.54, 1.807) is 6.42 Å². The van der Waals surface area contributed by atoms with Gasteiger partial charge in [0, 0.05) is 6.92 Å². The van der Waals surface area contributed by atoms with Crippen molar-refractivity contribution in [3.05, 3.63) is 18.2 Å². The third-order valence-corrected chi connectivity index (χ3v) is 6.62. The molecule has 1 saturated carbocycles. The summed E-state index contributed by atoms with van der Waals surface area (Å²) in [6.07, 6.45) is 26.3. The number of unbranched alkanes of at least 4 members (excludes halogenated alkanes) is 10. The fraction of sp³-hybridized carbons (Fsp3) is 0.875. The molecule has 0 saturated heterocycles. The highest BCUT2D eigenvalue weighted by atomic mass is 15.1. The monoisotopic (exact) mass is 361 g/mol. The van der Waals surface area contributed by atoms with E-state index in [9.17, 15) is 0 Å². The maximum atomic E-state index is 2.39. The number of hydrogen-bond donors (Lipinski definition) is 0. The Hall–Kier alpha value is -0.790. The first-order valence-electron chi connectivity index (χ1n) is 11.7. The zero-order valence-electron chi connectivity index (χ0n) is 18.0. The van der Waals surface area contributed by atoms with Crippen LogP contribution in [0.25, 0.3) is 0 Å². The molecule has 1 fully saturated rings. The van der Waals surface area contributed by atoms with Gasteiger partial charge in [-0.3, -0.25) is 0 Å². The van der Waals surface area contributed by atoms with Crippen molar-refractivity contribution >= 4 is 0 Å². The molecule has 0 radical (unpaired) electrons. The van der Waals surface area contributed by atoms with Crippen molar-refractivity contribution in [2.45, 2.75) is 117 Å². The number of aryl methyl sites for hydroxylation is 2. The second-order valence-corrected chi connectivity index (χ2v) is 8.87. The van der Waals surface area contributed by atoms with Crippen molar-refractivity contribution in [1.29, 1.82) is 0 Å². The number of imidazole rings is 1. The highest BCUT2D eigenvalue weighted by molar-refractivity contribution is 4.85. The summed E-state index contributed by atoms with van der Waals surface area (Å²) < 4.78 is 4.59. The van der Waals surface area contributed by atoms with E-state index in [4.69, 9.17) is 0 Å². The quantitative estimate of drug-likeness (QED) is 0.228. The van der Waals surface area contributed by atoms with E-state index in [-0.39, 0.29) is 0 Å². The maximum absolute atomic E-state index is 2.39. The van der Waals surface area contributed by atoms with E-state index in [1.807, 2.05) is 0 Å². The van der Waals surface area contributed by atoms with Gasteiger partial charge in [0.2, 0.25) is 0 Å². The van der Waals surface area contributed by atoms with Crippen molar-refractivity contribution in [3.63, 3.8) is 0 Å². The van der Waals surface area contributed by atoms with E-state index < -0.39 is 0 Å². The van der Waals surface area contributed by atoms with E-state index in [1.165, 1.54) is 102 Å². The minimum atomic E-state index is 1.11. The van der Waals surface area contributed by atoms with Gasteiger partial charge in [-0.1, -0.05) is 84.0 Å². The van der Waals surface area contributed by atoms with Crippen LogP contribution in [-0.2, 0) is 13.6 Å². The molecule has 0 bridgehead atoms. The number of hydrogen-bond acceptors (Lipinski definition) is 0. The molecule has 2 nitrogen and oxygen atoms in total. The van der Waals surface area contributed by atoms with Crippen LogP contribution in [0.15, 0.2) is 12.4 Å². The average Bonchev–Trinajstić information content (AvgIpc) is 3.32. The van der Waals surface area contributed by atoms with Gasteiger partial charge in [-0.25, -0.2) is 9.13 Å². The van der Waals surface area contributed by atoms with E-state index in [2.05, 4.69) is 42.4 Å². The van der Waals surface area contributed by atoms with E-state index in [0.717, 1.165) is 11.8 Å². The number of aromatic nitrogens is 2. The molecule has 0 aromatic carbocycles. The molecule has 0 unspecified atom stereocenters. The van der Waals surface area contributed by atoms with Crippen molar-refractivity contribution in [3.8, 4) is 0 Å². The summed E-state index contributed by atoms with van der Waals surface area (Å²) in [5, 5.41) is 0. The van der Waals surface area contributed by atoms with Crippen LogP contribution in [0.4, 0.5) is 0 Å². The minimum absolute atomic E-state index is 1.11. The van der Waals surface area contributed by atoms with Gasteiger partial charge in [-0.2, -0.15) is 0 Å². The first-order valence-corrected chi connectivity index (χ1v) is 11.7. The fourth-order valence-corrected chi connectivity index (χ4v) is 4.44. The molecule has 1 aliphatic carbocycles. The lowest BCUT2D eigenvalue weighted by Crippen LogP contribution is -2.29. The molecule has 1 aromatic heterocycles. The van der Waals surface area contributed by atoms with Gasteiger partial charge >= 0.3 is 0 Å². The van der Waals surface area contributed by atoms with Crippen LogP contribution < -0.4 is 4.57 Å². The summed E-state index contributed by atoms with van der Waals surface area (Å²) in [7, 11) is 2.13. The Morgan fingerprint density at radius 1 is 0.846 bits per heavy atom. The molecule has 2 rings (SSSR count). The summed E-state index contributed by atoms with van der Waals surface area (Å²) >= 11 is 0. The zero-order valence-corrected chi connectivity index (χ0v) is 18.0. The minimum Gasteiger partial charge on any atom is -0.237 e. The van der Waals surface area contributed by atoms with Gasteiger partial charge in [0.15, 0.2) is 0 Å². The lowest BCUT2D eigenvalue weighted by Gasteiger charge is -2.03. The summed E-state index contributed by atoms with van der Waals surface area (Å²) in [4.78, 5) is 0. The smallest absolute Gasteiger partial charge is 0.237 e. The first kappa shape index (κ1) is 21.5. The Labute approximate surface area is 163 Å². The third-order valence-electron chi connectivity index (χ3n) is 6.62. The second-order valence-electron chi connectivity index (χ2n) is 8.87. The Kier molecular flexibility index (Phi) is 10.4. The van der Waals surface area contributed by atoms with E-state index >= 15 is 0 Å². The van der Waals surface area contributed by atoms with Gasteiger partial charge < -0.3 is 0 Å². The first-order chi connectivity index (χ1) is 12.7. The molecule has 150 valence electrons. The normalized spacial score (nSPS) is 19.2. The molecule has 0 aliphatic heterocycles. The van der Waals surface area contributed by atoms with Crippen LogP contribution in [0.1, 0.15) is 109 Å². The summed E-state index contributed by atoms with van der Waals surface area (Å²) in [5.74, 6) is 3.60. The van der Waals surface area contributed by atoms with Gasteiger partial charge in [-0.15, -0.1) is 0 Å². The SMILES string of the molecule is CCCCCCCC[C@H]1C[C@H]1CCCCCCCCn1cc[n+](C)c1C. The lowest BCUT2D eigenvalue weighted by molar-refractivity contribution is -0.677. The molecule has 0 spiro atoms. The van der Waals surface area contributed by atoms with E-state index in [0.29, 0.717) is 0 Å². The van der Waals surface area contributed by atoms with Gasteiger partial charge in [0.25, 0.3) is 5.82 Å². The molecular formula is C24H45N2+. The molecular weight excluding hydrogens is 316 g/mol. The molecule has 2 heteroatoms. The average molecular weight is 362 g/mol. The summed E-state index contributed by atoms with van der Waals surface area (Å²) in [6, 6.07) is 0. The zero-order chi connectivity index (χ0) is 18.6. The largest absolute Gasteiger partial charge is 0.253 e. The Morgan fingerprint density at radius 2 is 1.38 bits per heavy atom. The highest BCUT2D eigenvalue weighted by Crippen LogP contribution is 2.45. The fourth-order valence-electron chi connectivity index (χ4n) is 4.44. The predicted molar refractivity (Wildman–Crippen MR) is 112 cm³/mol. The van der Waals surface area contributed by atoms with Gasteiger partial charge in [0.05, 0.1) is 13.6 Å². The molecule has 0 N–H and O–H groups in total. The Morgan fingerprint density at radius 3 is 1.92 bits per heavy atom. The topological polar surface area (TPSA) is 8.81 Å². The second kappa shape index (κ2) is 12.6. The lowest BCUT2D eigenvalue weighted by atomic mass is 10.0. The van der Waals surface area contributed by atoms with Crippen LogP contribution in [0, 0.1) is 18.8 Å². The Balaban J connectivity index is 1.33. The van der Waals surface area contributed by atoms with Crippen molar-refractivity contribution in [2.24, 2.45) is 18.9 Å². The van der Waals surface area contributed by atoms with Crippen LogP contribution in [-0.4, -0.2) is 4.57 Å². The molecule has 1 aromatic rings. The standard InChI is InChI=1S/C24H45N2/c1-4-5-6-7-10-13-16-23-21-24(23)17-14-11-8-9-12-15-18-26-20-19-25(3)22(26)2/h19-20,23-24H,4-18,21H2,1-3H3/q+1/t23-,24+/m0/s1. The number of rotatable bonds is 16. The molecule has 2 atom stereocenters. The van der Waals surface area contributed by atoms with Crippen LogP contribution in [0.3, 0.4) is 0 Å². The summed E-state index contributed by atoms with van der Waals surface area (Å²) in [5.41, 5.74) is 0.